The Labute approximate surface area is 122 Å². The average Bonchev–Trinajstić information content (AvgIpc) is 2.38. The summed E-state index contributed by atoms with van der Waals surface area (Å²) in [5, 5.41) is 8.89. The number of anilines is 1. The second kappa shape index (κ2) is 5.53. The molecule has 0 radical (unpaired) electrons. The van der Waals surface area contributed by atoms with E-state index in [9.17, 15) is 8.42 Å². The summed E-state index contributed by atoms with van der Waals surface area (Å²) in [5.41, 5.74) is 1.66. The number of nitrogens with one attached hydrogen (secondary N) is 1. The van der Waals surface area contributed by atoms with Crippen LogP contribution in [0.2, 0.25) is 5.02 Å². The standard InChI is InChI=1S/C14H11ClN2O2S/c1-10-3-2-4-12(7-10)17-20(18,19)13-6-5-11(9-16)14(15)8-13/h2-8,17H,1H3. The quantitative estimate of drug-likeness (QED) is 0.945. The highest BCUT2D eigenvalue weighted by atomic mass is 35.5. The van der Waals surface area contributed by atoms with Gasteiger partial charge in [-0.05, 0) is 42.8 Å². The summed E-state index contributed by atoms with van der Waals surface area (Å²) in [6, 6.07) is 12.9. The van der Waals surface area contributed by atoms with Crippen molar-refractivity contribution in [2.75, 3.05) is 4.72 Å². The van der Waals surface area contributed by atoms with Crippen LogP contribution in [0.4, 0.5) is 5.69 Å². The molecule has 6 heteroatoms. The molecule has 0 aliphatic carbocycles. The SMILES string of the molecule is Cc1cccc(NS(=O)(=O)c2ccc(C#N)c(Cl)c2)c1. The summed E-state index contributed by atoms with van der Waals surface area (Å²) in [7, 11) is -3.72. The third-order valence-corrected chi connectivity index (χ3v) is 4.33. The fourth-order valence-corrected chi connectivity index (χ4v) is 3.04. The lowest BCUT2D eigenvalue weighted by molar-refractivity contribution is 0.601. The van der Waals surface area contributed by atoms with Crippen LogP contribution < -0.4 is 4.72 Å². The van der Waals surface area contributed by atoms with Crippen LogP contribution in [0.1, 0.15) is 11.1 Å². The average molecular weight is 307 g/mol. The molecule has 2 aromatic carbocycles. The number of sulfonamides is 1. The maximum absolute atomic E-state index is 12.2. The number of nitriles is 1. The van der Waals surface area contributed by atoms with Crippen molar-refractivity contribution in [2.45, 2.75) is 11.8 Å². The maximum atomic E-state index is 12.2. The van der Waals surface area contributed by atoms with Gasteiger partial charge in [-0.25, -0.2) is 8.42 Å². The molecule has 0 fully saturated rings. The van der Waals surface area contributed by atoms with Crippen molar-refractivity contribution in [2.24, 2.45) is 0 Å². The van der Waals surface area contributed by atoms with Crippen molar-refractivity contribution >= 4 is 27.3 Å². The van der Waals surface area contributed by atoms with E-state index in [0.717, 1.165) is 5.56 Å². The van der Waals surface area contributed by atoms with Gasteiger partial charge in [0.15, 0.2) is 0 Å². The molecule has 0 unspecified atom stereocenters. The number of benzene rings is 2. The first-order chi connectivity index (χ1) is 9.42. The molecule has 0 bridgehead atoms. The van der Waals surface area contributed by atoms with Gasteiger partial charge in [0.1, 0.15) is 6.07 Å². The van der Waals surface area contributed by atoms with Gasteiger partial charge in [0, 0.05) is 5.69 Å². The molecule has 0 saturated carbocycles. The van der Waals surface area contributed by atoms with E-state index in [1.54, 1.807) is 18.2 Å². The van der Waals surface area contributed by atoms with Crippen molar-refractivity contribution in [1.82, 2.24) is 0 Å². The molecule has 2 rings (SSSR count). The topological polar surface area (TPSA) is 70.0 Å². The van der Waals surface area contributed by atoms with Crippen LogP contribution in [0.3, 0.4) is 0 Å². The van der Waals surface area contributed by atoms with Gasteiger partial charge in [0.05, 0.1) is 15.5 Å². The van der Waals surface area contributed by atoms with E-state index in [1.165, 1.54) is 18.2 Å². The summed E-state index contributed by atoms with van der Waals surface area (Å²) in [4.78, 5) is 0.0167. The monoisotopic (exact) mass is 306 g/mol. The Morgan fingerprint density at radius 2 is 1.95 bits per heavy atom. The van der Waals surface area contributed by atoms with E-state index in [-0.39, 0.29) is 15.5 Å². The summed E-state index contributed by atoms with van der Waals surface area (Å²) in [5.74, 6) is 0. The van der Waals surface area contributed by atoms with Gasteiger partial charge < -0.3 is 0 Å². The van der Waals surface area contributed by atoms with Crippen LogP contribution in [-0.4, -0.2) is 8.42 Å². The number of hydrogen-bond acceptors (Lipinski definition) is 3. The molecule has 0 saturated heterocycles. The zero-order chi connectivity index (χ0) is 14.8. The predicted molar refractivity (Wildman–Crippen MR) is 78.2 cm³/mol. The lowest BCUT2D eigenvalue weighted by Crippen LogP contribution is -2.13. The van der Waals surface area contributed by atoms with Crippen molar-refractivity contribution in [1.29, 1.82) is 5.26 Å². The van der Waals surface area contributed by atoms with Gasteiger partial charge in [-0.3, -0.25) is 4.72 Å². The molecule has 0 heterocycles. The number of aryl methyl sites for hydroxylation is 1. The first kappa shape index (κ1) is 14.4. The molecule has 0 aromatic heterocycles. The molecule has 0 atom stereocenters. The zero-order valence-corrected chi connectivity index (χ0v) is 12.2. The molecule has 0 amide bonds. The fraction of sp³-hybridized carbons (Fsp3) is 0.0714. The highest BCUT2D eigenvalue weighted by molar-refractivity contribution is 7.92. The van der Waals surface area contributed by atoms with Crippen molar-refractivity contribution in [3.05, 3.63) is 58.6 Å². The summed E-state index contributed by atoms with van der Waals surface area (Å²) in [6.07, 6.45) is 0. The van der Waals surface area contributed by atoms with Crippen molar-refractivity contribution < 1.29 is 8.42 Å². The van der Waals surface area contributed by atoms with E-state index in [0.29, 0.717) is 5.69 Å². The largest absolute Gasteiger partial charge is 0.280 e. The Balaban J connectivity index is 2.36. The minimum absolute atomic E-state index is 0.0167. The Morgan fingerprint density at radius 3 is 2.55 bits per heavy atom. The second-order valence-electron chi connectivity index (χ2n) is 4.23. The molecule has 102 valence electrons. The molecular formula is C14H11ClN2O2S. The van der Waals surface area contributed by atoms with E-state index in [4.69, 9.17) is 16.9 Å². The lowest BCUT2D eigenvalue weighted by atomic mass is 10.2. The maximum Gasteiger partial charge on any atom is 0.261 e. The van der Waals surface area contributed by atoms with Crippen LogP contribution >= 0.6 is 11.6 Å². The molecule has 20 heavy (non-hydrogen) atoms. The number of halogens is 1. The first-order valence-corrected chi connectivity index (χ1v) is 7.57. The molecule has 0 spiro atoms. The number of rotatable bonds is 3. The van der Waals surface area contributed by atoms with Gasteiger partial charge in [-0.1, -0.05) is 23.7 Å². The third kappa shape index (κ3) is 3.10. The van der Waals surface area contributed by atoms with Crippen LogP contribution in [0.25, 0.3) is 0 Å². The van der Waals surface area contributed by atoms with Crippen molar-refractivity contribution in [3.8, 4) is 6.07 Å². The van der Waals surface area contributed by atoms with E-state index in [1.807, 2.05) is 19.1 Å². The van der Waals surface area contributed by atoms with Crippen LogP contribution in [0.15, 0.2) is 47.4 Å². The highest BCUT2D eigenvalue weighted by Crippen LogP contribution is 2.22. The van der Waals surface area contributed by atoms with Crippen molar-refractivity contribution in [3.63, 3.8) is 0 Å². The van der Waals surface area contributed by atoms with Gasteiger partial charge in [-0.15, -0.1) is 0 Å². The van der Waals surface area contributed by atoms with Gasteiger partial charge >= 0.3 is 0 Å². The summed E-state index contributed by atoms with van der Waals surface area (Å²) >= 11 is 5.85. The van der Waals surface area contributed by atoms with Crippen LogP contribution in [0, 0.1) is 18.3 Å². The minimum Gasteiger partial charge on any atom is -0.280 e. The smallest absolute Gasteiger partial charge is 0.261 e. The summed E-state index contributed by atoms with van der Waals surface area (Å²) in [6.45, 7) is 1.87. The normalized spacial score (nSPS) is 10.8. The van der Waals surface area contributed by atoms with Gasteiger partial charge in [0.2, 0.25) is 0 Å². The Hall–Kier alpha value is -2.03. The zero-order valence-electron chi connectivity index (χ0n) is 10.6. The highest BCUT2D eigenvalue weighted by Gasteiger charge is 2.15. The number of nitrogens with zero attached hydrogens (tertiary/aromatic N) is 1. The molecule has 1 N–H and O–H groups in total. The summed E-state index contributed by atoms with van der Waals surface area (Å²) < 4.78 is 26.9. The third-order valence-electron chi connectivity index (χ3n) is 2.64. The minimum atomic E-state index is -3.72. The van der Waals surface area contributed by atoms with E-state index in [2.05, 4.69) is 4.72 Å². The fourth-order valence-electron chi connectivity index (χ4n) is 1.68. The molecule has 2 aromatic rings. The molecule has 0 aliphatic rings. The second-order valence-corrected chi connectivity index (χ2v) is 6.32. The lowest BCUT2D eigenvalue weighted by Gasteiger charge is -2.09. The predicted octanol–water partition coefficient (Wildman–Crippen LogP) is 3.32. The molecular weight excluding hydrogens is 296 g/mol. The first-order valence-electron chi connectivity index (χ1n) is 5.71. The van der Waals surface area contributed by atoms with E-state index >= 15 is 0 Å². The Kier molecular flexibility index (Phi) is 3.98. The number of hydrogen-bond donors (Lipinski definition) is 1. The molecule has 0 aliphatic heterocycles. The van der Waals surface area contributed by atoms with Gasteiger partial charge in [-0.2, -0.15) is 5.26 Å². The van der Waals surface area contributed by atoms with Crippen LogP contribution in [-0.2, 0) is 10.0 Å². The molecule has 4 nitrogen and oxygen atoms in total. The Morgan fingerprint density at radius 1 is 1.20 bits per heavy atom. The van der Waals surface area contributed by atoms with Gasteiger partial charge in [0.25, 0.3) is 10.0 Å². The van der Waals surface area contributed by atoms with Crippen LogP contribution in [0.5, 0.6) is 0 Å². The Bertz CT molecular complexity index is 795. The van der Waals surface area contributed by atoms with E-state index < -0.39 is 10.0 Å².